The first-order valence-electron chi connectivity index (χ1n) is 7.52. The largest absolute Gasteiger partial charge is 0.418 e. The Balaban J connectivity index is 2.32. The molecule has 1 fully saturated rings. The van der Waals surface area contributed by atoms with Gasteiger partial charge in [0.15, 0.2) is 0 Å². The summed E-state index contributed by atoms with van der Waals surface area (Å²) in [6.07, 6.45) is -2.14. The van der Waals surface area contributed by atoms with Gasteiger partial charge in [-0.2, -0.15) is 13.2 Å². The molecule has 0 radical (unpaired) electrons. The van der Waals surface area contributed by atoms with Gasteiger partial charge >= 0.3 is 6.18 Å². The van der Waals surface area contributed by atoms with Gasteiger partial charge in [-0.1, -0.05) is 19.9 Å². The predicted octanol–water partition coefficient (Wildman–Crippen LogP) is 3.83. The first-order valence-corrected chi connectivity index (χ1v) is 7.52. The number of hydrogen-bond acceptors (Lipinski definition) is 2. The van der Waals surface area contributed by atoms with Gasteiger partial charge in [0.25, 0.3) is 0 Å². The normalized spacial score (nSPS) is 20.9. The molecule has 0 aromatic heterocycles. The van der Waals surface area contributed by atoms with Crippen LogP contribution in [-0.2, 0) is 12.6 Å². The Labute approximate surface area is 124 Å². The van der Waals surface area contributed by atoms with Crippen LogP contribution in [0.4, 0.5) is 18.9 Å². The minimum Gasteiger partial charge on any atom is -0.371 e. The van der Waals surface area contributed by atoms with Crippen molar-refractivity contribution in [3.8, 4) is 0 Å². The number of rotatable bonds is 4. The molecular weight excluding hydrogens is 277 g/mol. The molecule has 2 unspecified atom stereocenters. The quantitative estimate of drug-likeness (QED) is 0.915. The molecular formula is C16H23F3N2. The van der Waals surface area contributed by atoms with E-state index in [4.69, 9.17) is 5.73 Å². The lowest BCUT2D eigenvalue weighted by molar-refractivity contribution is -0.137. The highest BCUT2D eigenvalue weighted by Crippen LogP contribution is 2.39. The number of anilines is 1. The number of halogens is 3. The summed E-state index contributed by atoms with van der Waals surface area (Å²) >= 11 is 0. The van der Waals surface area contributed by atoms with E-state index in [1.165, 1.54) is 6.07 Å². The zero-order valence-corrected chi connectivity index (χ0v) is 12.6. The van der Waals surface area contributed by atoms with Crippen molar-refractivity contribution in [3.05, 3.63) is 29.3 Å². The van der Waals surface area contributed by atoms with Gasteiger partial charge in [-0.15, -0.1) is 0 Å². The van der Waals surface area contributed by atoms with Crippen LogP contribution in [0.5, 0.6) is 0 Å². The minimum atomic E-state index is -4.33. The number of nitrogens with zero attached hydrogens (tertiary/aromatic N) is 1. The molecule has 1 heterocycles. The van der Waals surface area contributed by atoms with E-state index in [-0.39, 0.29) is 6.04 Å². The van der Waals surface area contributed by atoms with Gasteiger partial charge in [0.2, 0.25) is 0 Å². The Hall–Kier alpha value is -1.23. The summed E-state index contributed by atoms with van der Waals surface area (Å²) in [4.78, 5) is 1.84. The molecule has 1 aromatic rings. The molecule has 0 saturated carbocycles. The van der Waals surface area contributed by atoms with Crippen LogP contribution in [0, 0.1) is 5.92 Å². The zero-order valence-electron chi connectivity index (χ0n) is 12.6. The summed E-state index contributed by atoms with van der Waals surface area (Å²) in [7, 11) is 0. The zero-order chi connectivity index (χ0) is 15.6. The molecule has 1 aliphatic rings. The molecule has 1 aromatic carbocycles. The fraction of sp³-hybridized carbons (Fsp3) is 0.625. The third-order valence-corrected chi connectivity index (χ3v) is 4.15. The lowest BCUT2D eigenvalue weighted by atomic mass is 10.0. The van der Waals surface area contributed by atoms with Crippen molar-refractivity contribution in [2.75, 3.05) is 18.0 Å². The number of hydrogen-bond donors (Lipinski definition) is 1. The fourth-order valence-electron chi connectivity index (χ4n) is 2.81. The summed E-state index contributed by atoms with van der Waals surface area (Å²) in [5, 5.41) is 0. The Kier molecular flexibility index (Phi) is 4.81. The molecule has 1 saturated heterocycles. The number of alkyl halides is 3. The molecule has 1 aliphatic heterocycles. The van der Waals surface area contributed by atoms with Crippen molar-refractivity contribution in [1.82, 2.24) is 0 Å². The first kappa shape index (κ1) is 16.1. The second kappa shape index (κ2) is 6.26. The highest BCUT2D eigenvalue weighted by molar-refractivity contribution is 5.57. The highest BCUT2D eigenvalue weighted by atomic mass is 19.4. The molecule has 2 atom stereocenters. The molecule has 21 heavy (non-hydrogen) atoms. The van der Waals surface area contributed by atoms with Gasteiger partial charge in [0, 0.05) is 24.8 Å². The Morgan fingerprint density at radius 3 is 2.62 bits per heavy atom. The van der Waals surface area contributed by atoms with Crippen molar-refractivity contribution in [2.24, 2.45) is 11.7 Å². The molecule has 2 nitrogen and oxygen atoms in total. The molecule has 0 spiro atoms. The summed E-state index contributed by atoms with van der Waals surface area (Å²) in [5.41, 5.74) is 6.29. The summed E-state index contributed by atoms with van der Waals surface area (Å²) < 4.78 is 40.0. The van der Waals surface area contributed by atoms with Crippen molar-refractivity contribution >= 4 is 5.69 Å². The van der Waals surface area contributed by atoms with Gasteiger partial charge in [0.1, 0.15) is 0 Å². The molecule has 0 amide bonds. The highest BCUT2D eigenvalue weighted by Gasteiger charge is 2.36. The topological polar surface area (TPSA) is 29.3 Å². The Morgan fingerprint density at radius 1 is 1.38 bits per heavy atom. The van der Waals surface area contributed by atoms with Crippen molar-refractivity contribution in [2.45, 2.75) is 45.3 Å². The van der Waals surface area contributed by atoms with Crippen LogP contribution in [0.25, 0.3) is 0 Å². The number of benzene rings is 1. The second-order valence-corrected chi connectivity index (χ2v) is 6.06. The molecule has 2 N–H and O–H groups in total. The van der Waals surface area contributed by atoms with Crippen LogP contribution in [0.15, 0.2) is 18.2 Å². The summed E-state index contributed by atoms with van der Waals surface area (Å²) in [6, 6.07) is 4.57. The van der Waals surface area contributed by atoms with Crippen LogP contribution in [-0.4, -0.2) is 19.1 Å². The lowest BCUT2D eigenvalue weighted by Crippen LogP contribution is -2.24. The monoisotopic (exact) mass is 300 g/mol. The Morgan fingerprint density at radius 2 is 2.10 bits per heavy atom. The third kappa shape index (κ3) is 3.90. The SMILES string of the molecule is CCC(N)Cc1ccc(N2CCC(C)C2)c(C(F)(F)F)c1. The van der Waals surface area contributed by atoms with E-state index in [9.17, 15) is 13.2 Å². The summed E-state index contributed by atoms with van der Waals surface area (Å²) in [5.74, 6) is 0.444. The number of nitrogens with two attached hydrogens (primary N) is 1. The molecule has 118 valence electrons. The maximum absolute atomic E-state index is 13.3. The average Bonchev–Trinajstić information content (AvgIpc) is 2.84. The van der Waals surface area contributed by atoms with E-state index in [1.54, 1.807) is 12.1 Å². The van der Waals surface area contributed by atoms with E-state index in [0.717, 1.165) is 12.8 Å². The van der Waals surface area contributed by atoms with Crippen LogP contribution in [0.3, 0.4) is 0 Å². The summed E-state index contributed by atoms with van der Waals surface area (Å²) in [6.45, 7) is 5.40. The molecule has 5 heteroatoms. The predicted molar refractivity (Wildman–Crippen MR) is 79.4 cm³/mol. The van der Waals surface area contributed by atoms with Crippen molar-refractivity contribution in [3.63, 3.8) is 0 Å². The van der Waals surface area contributed by atoms with Gasteiger partial charge in [-0.05, 0) is 42.9 Å². The lowest BCUT2D eigenvalue weighted by Gasteiger charge is -2.24. The maximum atomic E-state index is 13.3. The van der Waals surface area contributed by atoms with Crippen LogP contribution >= 0.6 is 0 Å². The standard InChI is InChI=1S/C16H23F3N2/c1-3-13(20)8-12-4-5-15(14(9-12)16(17,18)19)21-7-6-11(2)10-21/h4-5,9,11,13H,3,6-8,10,20H2,1-2H3. The smallest absolute Gasteiger partial charge is 0.371 e. The fourth-order valence-corrected chi connectivity index (χ4v) is 2.81. The minimum absolute atomic E-state index is 0.0938. The van der Waals surface area contributed by atoms with Crippen molar-refractivity contribution in [1.29, 1.82) is 0 Å². The van der Waals surface area contributed by atoms with Crippen LogP contribution < -0.4 is 10.6 Å². The van der Waals surface area contributed by atoms with E-state index >= 15 is 0 Å². The van der Waals surface area contributed by atoms with Crippen LogP contribution in [0.1, 0.15) is 37.8 Å². The van der Waals surface area contributed by atoms with E-state index in [0.29, 0.717) is 36.7 Å². The molecule has 0 aliphatic carbocycles. The van der Waals surface area contributed by atoms with E-state index in [2.05, 4.69) is 6.92 Å². The van der Waals surface area contributed by atoms with Gasteiger partial charge < -0.3 is 10.6 Å². The van der Waals surface area contributed by atoms with Gasteiger partial charge in [-0.25, -0.2) is 0 Å². The van der Waals surface area contributed by atoms with E-state index < -0.39 is 11.7 Å². The maximum Gasteiger partial charge on any atom is 0.418 e. The molecule has 2 rings (SSSR count). The van der Waals surface area contributed by atoms with Crippen molar-refractivity contribution < 1.29 is 13.2 Å². The van der Waals surface area contributed by atoms with Gasteiger partial charge in [0.05, 0.1) is 5.56 Å². The van der Waals surface area contributed by atoms with Gasteiger partial charge in [-0.3, -0.25) is 0 Å². The van der Waals surface area contributed by atoms with E-state index in [1.807, 2.05) is 11.8 Å². The first-order chi connectivity index (χ1) is 9.81. The third-order valence-electron chi connectivity index (χ3n) is 4.15. The molecule has 0 bridgehead atoms. The average molecular weight is 300 g/mol. The Bertz CT molecular complexity index is 485. The van der Waals surface area contributed by atoms with Crippen LogP contribution in [0.2, 0.25) is 0 Å². The second-order valence-electron chi connectivity index (χ2n) is 6.06.